The van der Waals surface area contributed by atoms with Crippen LogP contribution in [0.1, 0.15) is 50.3 Å². The van der Waals surface area contributed by atoms with E-state index in [1.165, 1.54) is 24.0 Å². The van der Waals surface area contributed by atoms with E-state index in [1.807, 2.05) is 6.92 Å². The van der Waals surface area contributed by atoms with Crippen LogP contribution in [0.3, 0.4) is 0 Å². The topological polar surface area (TPSA) is 41.5 Å². The van der Waals surface area contributed by atoms with Gasteiger partial charge in [0.05, 0.1) is 13.2 Å². The predicted octanol–water partition coefficient (Wildman–Crippen LogP) is 3.07. The first kappa shape index (κ1) is 15.3. The SMILES string of the molecule is COc1ccc2c(c1)CCCC2NCC(C)CC(C)O. The Morgan fingerprint density at radius 1 is 1.40 bits per heavy atom. The molecule has 0 spiro atoms. The first-order chi connectivity index (χ1) is 9.60. The van der Waals surface area contributed by atoms with Gasteiger partial charge >= 0.3 is 0 Å². The van der Waals surface area contributed by atoms with Crippen molar-refractivity contribution in [2.75, 3.05) is 13.7 Å². The van der Waals surface area contributed by atoms with Crippen molar-refractivity contribution in [1.29, 1.82) is 0 Å². The summed E-state index contributed by atoms with van der Waals surface area (Å²) in [6, 6.07) is 6.87. The van der Waals surface area contributed by atoms with Crippen molar-refractivity contribution in [3.05, 3.63) is 29.3 Å². The van der Waals surface area contributed by atoms with E-state index in [1.54, 1.807) is 7.11 Å². The number of aliphatic hydroxyl groups excluding tert-OH is 1. The van der Waals surface area contributed by atoms with Gasteiger partial charge in [0, 0.05) is 6.04 Å². The first-order valence-electron chi connectivity index (χ1n) is 7.68. The Labute approximate surface area is 122 Å². The van der Waals surface area contributed by atoms with Gasteiger partial charge in [-0.05, 0) is 68.3 Å². The van der Waals surface area contributed by atoms with Gasteiger partial charge in [0.1, 0.15) is 5.75 Å². The fraction of sp³-hybridized carbons (Fsp3) is 0.647. The summed E-state index contributed by atoms with van der Waals surface area (Å²) in [4.78, 5) is 0. The van der Waals surface area contributed by atoms with Crippen molar-refractivity contribution in [2.45, 2.75) is 51.7 Å². The normalized spacial score (nSPS) is 21.1. The van der Waals surface area contributed by atoms with Crippen molar-refractivity contribution in [3.63, 3.8) is 0 Å². The molecule has 0 bridgehead atoms. The summed E-state index contributed by atoms with van der Waals surface area (Å²) >= 11 is 0. The van der Waals surface area contributed by atoms with Crippen LogP contribution in [0.15, 0.2) is 18.2 Å². The van der Waals surface area contributed by atoms with E-state index >= 15 is 0 Å². The molecule has 1 aromatic rings. The molecule has 0 saturated heterocycles. The molecule has 0 heterocycles. The zero-order valence-corrected chi connectivity index (χ0v) is 12.9. The van der Waals surface area contributed by atoms with Gasteiger partial charge in [0.2, 0.25) is 0 Å². The number of ether oxygens (including phenoxy) is 1. The first-order valence-corrected chi connectivity index (χ1v) is 7.68. The Balaban J connectivity index is 1.98. The molecule has 3 unspecified atom stereocenters. The van der Waals surface area contributed by atoms with Crippen LogP contribution in [0, 0.1) is 5.92 Å². The molecule has 0 fully saturated rings. The molecule has 3 atom stereocenters. The molecule has 0 radical (unpaired) electrons. The van der Waals surface area contributed by atoms with E-state index in [4.69, 9.17) is 4.74 Å². The van der Waals surface area contributed by atoms with Gasteiger partial charge in [-0.2, -0.15) is 0 Å². The maximum absolute atomic E-state index is 9.43. The van der Waals surface area contributed by atoms with Gasteiger partial charge in [-0.1, -0.05) is 13.0 Å². The van der Waals surface area contributed by atoms with E-state index in [0.717, 1.165) is 25.1 Å². The maximum atomic E-state index is 9.43. The molecule has 112 valence electrons. The van der Waals surface area contributed by atoms with E-state index in [0.29, 0.717) is 12.0 Å². The standard InChI is InChI=1S/C17H27NO2/c1-12(9-13(2)19)11-18-17-6-4-5-14-10-15(20-3)7-8-16(14)17/h7-8,10,12-13,17-19H,4-6,9,11H2,1-3H3. The van der Waals surface area contributed by atoms with Crippen LogP contribution >= 0.6 is 0 Å². The summed E-state index contributed by atoms with van der Waals surface area (Å²) in [6.45, 7) is 5.01. The average Bonchev–Trinajstić information content (AvgIpc) is 2.43. The molecule has 1 aromatic carbocycles. The predicted molar refractivity (Wildman–Crippen MR) is 82.1 cm³/mol. The van der Waals surface area contributed by atoms with Crippen molar-refractivity contribution >= 4 is 0 Å². The number of aryl methyl sites for hydroxylation is 1. The van der Waals surface area contributed by atoms with Crippen LogP contribution < -0.4 is 10.1 Å². The lowest BCUT2D eigenvalue weighted by molar-refractivity contribution is 0.162. The molecule has 0 aliphatic heterocycles. The second-order valence-corrected chi connectivity index (χ2v) is 6.11. The number of hydrogen-bond acceptors (Lipinski definition) is 3. The molecule has 3 nitrogen and oxygen atoms in total. The molecular weight excluding hydrogens is 250 g/mol. The summed E-state index contributed by atoms with van der Waals surface area (Å²) < 4.78 is 5.31. The van der Waals surface area contributed by atoms with Gasteiger partial charge in [-0.15, -0.1) is 0 Å². The van der Waals surface area contributed by atoms with Crippen LogP contribution in [0.2, 0.25) is 0 Å². The quantitative estimate of drug-likeness (QED) is 0.839. The Hall–Kier alpha value is -1.06. The van der Waals surface area contributed by atoms with Crippen molar-refractivity contribution in [3.8, 4) is 5.75 Å². The Morgan fingerprint density at radius 2 is 2.20 bits per heavy atom. The Kier molecular flexibility index (Phi) is 5.44. The lowest BCUT2D eigenvalue weighted by atomic mass is 9.87. The molecule has 0 amide bonds. The van der Waals surface area contributed by atoms with Gasteiger partial charge in [-0.25, -0.2) is 0 Å². The molecule has 0 saturated carbocycles. The zero-order valence-electron chi connectivity index (χ0n) is 12.9. The molecule has 0 aromatic heterocycles. The summed E-state index contributed by atoms with van der Waals surface area (Å²) in [5.74, 6) is 1.45. The lowest BCUT2D eigenvalue weighted by Gasteiger charge is -2.28. The maximum Gasteiger partial charge on any atom is 0.119 e. The minimum atomic E-state index is -0.213. The highest BCUT2D eigenvalue weighted by atomic mass is 16.5. The molecule has 2 N–H and O–H groups in total. The molecule has 2 rings (SSSR count). The number of aliphatic hydroxyl groups is 1. The highest BCUT2D eigenvalue weighted by Crippen LogP contribution is 2.32. The van der Waals surface area contributed by atoms with Crippen LogP contribution in [0.5, 0.6) is 5.75 Å². The second-order valence-electron chi connectivity index (χ2n) is 6.11. The molecule has 1 aliphatic carbocycles. The molecule has 20 heavy (non-hydrogen) atoms. The largest absolute Gasteiger partial charge is 0.497 e. The fourth-order valence-electron chi connectivity index (χ4n) is 3.14. The Morgan fingerprint density at radius 3 is 2.90 bits per heavy atom. The lowest BCUT2D eigenvalue weighted by Crippen LogP contribution is -2.30. The highest BCUT2D eigenvalue weighted by molar-refractivity contribution is 5.39. The molecule has 1 aliphatic rings. The Bertz CT molecular complexity index is 431. The summed E-state index contributed by atoms with van der Waals surface area (Å²) in [6.07, 6.45) is 4.21. The average molecular weight is 277 g/mol. The molecular formula is C17H27NO2. The summed E-state index contributed by atoms with van der Waals surface area (Å²) in [5, 5.41) is 13.1. The number of benzene rings is 1. The molecule has 3 heteroatoms. The van der Waals surface area contributed by atoms with E-state index in [2.05, 4.69) is 30.4 Å². The van der Waals surface area contributed by atoms with Crippen molar-refractivity contribution in [2.24, 2.45) is 5.92 Å². The number of nitrogens with one attached hydrogen (secondary N) is 1. The number of rotatable bonds is 6. The number of hydrogen-bond donors (Lipinski definition) is 2. The van der Waals surface area contributed by atoms with Crippen LogP contribution in [-0.4, -0.2) is 24.9 Å². The third-order valence-corrected chi connectivity index (χ3v) is 4.12. The van der Waals surface area contributed by atoms with E-state index in [-0.39, 0.29) is 6.10 Å². The van der Waals surface area contributed by atoms with Gasteiger partial charge in [-0.3, -0.25) is 0 Å². The van der Waals surface area contributed by atoms with E-state index < -0.39 is 0 Å². The van der Waals surface area contributed by atoms with Crippen LogP contribution in [0.25, 0.3) is 0 Å². The summed E-state index contributed by atoms with van der Waals surface area (Å²) in [5.41, 5.74) is 2.83. The second kappa shape index (κ2) is 7.09. The van der Waals surface area contributed by atoms with Gasteiger partial charge in [0.15, 0.2) is 0 Å². The minimum Gasteiger partial charge on any atom is -0.497 e. The van der Waals surface area contributed by atoms with E-state index in [9.17, 15) is 5.11 Å². The van der Waals surface area contributed by atoms with Crippen molar-refractivity contribution in [1.82, 2.24) is 5.32 Å². The van der Waals surface area contributed by atoms with Gasteiger partial charge < -0.3 is 15.2 Å². The van der Waals surface area contributed by atoms with Crippen LogP contribution in [-0.2, 0) is 6.42 Å². The van der Waals surface area contributed by atoms with Crippen molar-refractivity contribution < 1.29 is 9.84 Å². The minimum absolute atomic E-state index is 0.213. The monoisotopic (exact) mass is 277 g/mol. The third-order valence-electron chi connectivity index (χ3n) is 4.12. The summed E-state index contributed by atoms with van der Waals surface area (Å²) in [7, 11) is 1.72. The smallest absolute Gasteiger partial charge is 0.119 e. The zero-order chi connectivity index (χ0) is 14.5. The highest BCUT2D eigenvalue weighted by Gasteiger charge is 2.20. The number of methoxy groups -OCH3 is 1. The number of fused-ring (bicyclic) bond motifs is 1. The van der Waals surface area contributed by atoms with Crippen LogP contribution in [0.4, 0.5) is 0 Å². The fourth-order valence-corrected chi connectivity index (χ4v) is 3.14. The third kappa shape index (κ3) is 3.97. The van der Waals surface area contributed by atoms with Gasteiger partial charge in [0.25, 0.3) is 0 Å².